The van der Waals surface area contributed by atoms with E-state index in [9.17, 15) is 0 Å². The summed E-state index contributed by atoms with van der Waals surface area (Å²) < 4.78 is 0.462. The van der Waals surface area contributed by atoms with Crippen LogP contribution in [-0.2, 0) is 0 Å². The van der Waals surface area contributed by atoms with Gasteiger partial charge in [-0.05, 0) is 40.2 Å². The minimum absolute atomic E-state index is 0.462. The van der Waals surface area contributed by atoms with Crippen LogP contribution in [0.1, 0.15) is 40.0 Å². The summed E-state index contributed by atoms with van der Waals surface area (Å²) in [6.45, 7) is 7.70. The highest BCUT2D eigenvalue weighted by atomic mass is 32.2. The van der Waals surface area contributed by atoms with E-state index in [-0.39, 0.29) is 0 Å². The van der Waals surface area contributed by atoms with E-state index in [1.165, 1.54) is 18.6 Å². The molecule has 0 aromatic carbocycles. The number of rotatable bonds is 5. The molecule has 1 atom stereocenters. The minimum Gasteiger partial charge on any atom is -0.312 e. The van der Waals surface area contributed by atoms with Crippen molar-refractivity contribution < 1.29 is 0 Å². The molecule has 0 saturated carbocycles. The van der Waals surface area contributed by atoms with Gasteiger partial charge in [0.2, 0.25) is 0 Å². The fourth-order valence-electron chi connectivity index (χ4n) is 1.54. The van der Waals surface area contributed by atoms with Crippen LogP contribution in [0.2, 0.25) is 0 Å². The lowest BCUT2D eigenvalue weighted by Crippen LogP contribution is -2.54. The standard InChI is InChI=1S/C12H21NS/c1-4-5-6-7-8-9-13-11-10-14-12(11,2)3/h11,13H,6-10H2,1-3H3. The predicted octanol–water partition coefficient (Wildman–Crippen LogP) is 2.66. The topological polar surface area (TPSA) is 12.0 Å². The minimum atomic E-state index is 0.462. The van der Waals surface area contributed by atoms with E-state index < -0.39 is 0 Å². The molecule has 1 rings (SSSR count). The highest BCUT2D eigenvalue weighted by molar-refractivity contribution is 8.02. The van der Waals surface area contributed by atoms with Crippen molar-refractivity contribution in [2.75, 3.05) is 12.3 Å². The lowest BCUT2D eigenvalue weighted by Gasteiger charge is -2.44. The van der Waals surface area contributed by atoms with Gasteiger partial charge < -0.3 is 5.32 Å². The Morgan fingerprint density at radius 3 is 2.71 bits per heavy atom. The van der Waals surface area contributed by atoms with Crippen LogP contribution in [0.25, 0.3) is 0 Å². The van der Waals surface area contributed by atoms with E-state index in [0.717, 1.165) is 19.0 Å². The van der Waals surface area contributed by atoms with Gasteiger partial charge in [-0.25, -0.2) is 0 Å². The third-order valence-corrected chi connectivity index (χ3v) is 4.29. The first kappa shape index (κ1) is 11.9. The predicted molar refractivity (Wildman–Crippen MR) is 65.6 cm³/mol. The van der Waals surface area contributed by atoms with Crippen molar-refractivity contribution in [2.45, 2.75) is 50.8 Å². The van der Waals surface area contributed by atoms with E-state index in [1.54, 1.807) is 0 Å². The molecule has 1 unspecified atom stereocenters. The second-order valence-corrected chi connectivity index (χ2v) is 5.98. The first-order valence-corrected chi connectivity index (χ1v) is 6.42. The Morgan fingerprint density at radius 1 is 1.43 bits per heavy atom. The maximum atomic E-state index is 3.62. The fraction of sp³-hybridized carbons (Fsp3) is 0.833. The molecule has 0 amide bonds. The molecule has 0 spiro atoms. The van der Waals surface area contributed by atoms with E-state index in [2.05, 4.69) is 42.8 Å². The summed E-state index contributed by atoms with van der Waals surface area (Å²) >= 11 is 2.06. The maximum absolute atomic E-state index is 3.62. The zero-order valence-corrected chi connectivity index (χ0v) is 10.3. The first-order valence-electron chi connectivity index (χ1n) is 5.44. The molecule has 0 radical (unpaired) electrons. The summed E-state index contributed by atoms with van der Waals surface area (Å²) in [7, 11) is 0. The third kappa shape index (κ3) is 3.55. The summed E-state index contributed by atoms with van der Waals surface area (Å²) in [5, 5.41) is 3.62. The van der Waals surface area contributed by atoms with Crippen molar-refractivity contribution in [3.63, 3.8) is 0 Å². The van der Waals surface area contributed by atoms with Crippen molar-refractivity contribution in [2.24, 2.45) is 0 Å². The second-order valence-electron chi connectivity index (χ2n) is 4.31. The van der Waals surface area contributed by atoms with E-state index in [4.69, 9.17) is 0 Å². The summed E-state index contributed by atoms with van der Waals surface area (Å²) in [5.41, 5.74) is 0. The molecule has 14 heavy (non-hydrogen) atoms. The van der Waals surface area contributed by atoms with E-state index in [0.29, 0.717) is 4.75 Å². The molecule has 0 aliphatic carbocycles. The van der Waals surface area contributed by atoms with Crippen molar-refractivity contribution in [1.82, 2.24) is 5.32 Å². The number of hydrogen-bond acceptors (Lipinski definition) is 2. The van der Waals surface area contributed by atoms with Crippen LogP contribution in [0.3, 0.4) is 0 Å². The lowest BCUT2D eigenvalue weighted by atomic mass is 10.0. The van der Waals surface area contributed by atoms with Crippen LogP contribution in [-0.4, -0.2) is 23.1 Å². The van der Waals surface area contributed by atoms with Crippen LogP contribution in [0.5, 0.6) is 0 Å². The van der Waals surface area contributed by atoms with Crippen molar-refractivity contribution >= 4 is 11.8 Å². The molecule has 1 saturated heterocycles. The zero-order valence-electron chi connectivity index (χ0n) is 9.52. The van der Waals surface area contributed by atoms with Crippen LogP contribution < -0.4 is 5.32 Å². The maximum Gasteiger partial charge on any atom is 0.0300 e. The third-order valence-electron chi connectivity index (χ3n) is 2.76. The molecule has 1 N–H and O–H groups in total. The fourth-order valence-corrected chi connectivity index (χ4v) is 2.75. The molecule has 1 nitrogen and oxygen atoms in total. The molecule has 1 fully saturated rings. The van der Waals surface area contributed by atoms with Gasteiger partial charge in [0.15, 0.2) is 0 Å². The smallest absolute Gasteiger partial charge is 0.0300 e. The Morgan fingerprint density at radius 2 is 2.21 bits per heavy atom. The van der Waals surface area contributed by atoms with Crippen LogP contribution in [0.4, 0.5) is 0 Å². The van der Waals surface area contributed by atoms with Gasteiger partial charge in [-0.2, -0.15) is 11.8 Å². The molecule has 1 aliphatic heterocycles. The number of thioether (sulfide) groups is 1. The Balaban J connectivity index is 1.96. The molecule has 1 aliphatic rings. The van der Waals surface area contributed by atoms with Crippen molar-refractivity contribution in [1.29, 1.82) is 0 Å². The second kappa shape index (κ2) is 5.68. The van der Waals surface area contributed by atoms with E-state index >= 15 is 0 Å². The van der Waals surface area contributed by atoms with Crippen LogP contribution in [0, 0.1) is 11.8 Å². The number of unbranched alkanes of at least 4 members (excludes halogenated alkanes) is 2. The van der Waals surface area contributed by atoms with Crippen LogP contribution in [0.15, 0.2) is 0 Å². The quantitative estimate of drug-likeness (QED) is 0.554. The summed E-state index contributed by atoms with van der Waals surface area (Å²) in [6, 6.07) is 0.727. The van der Waals surface area contributed by atoms with Gasteiger partial charge in [0.1, 0.15) is 0 Å². The SMILES string of the molecule is CC#CCCCCNC1CSC1(C)C. The normalized spacial score (nSPS) is 23.5. The van der Waals surface area contributed by atoms with Crippen molar-refractivity contribution in [3.05, 3.63) is 0 Å². The van der Waals surface area contributed by atoms with Gasteiger partial charge in [-0.15, -0.1) is 11.8 Å². The summed E-state index contributed by atoms with van der Waals surface area (Å²) in [5.74, 6) is 7.31. The van der Waals surface area contributed by atoms with Gasteiger partial charge >= 0.3 is 0 Å². The van der Waals surface area contributed by atoms with Gasteiger partial charge in [-0.3, -0.25) is 0 Å². The number of hydrogen-bond donors (Lipinski definition) is 1. The highest BCUT2D eigenvalue weighted by Gasteiger charge is 2.38. The Labute approximate surface area is 92.4 Å². The molecule has 2 heteroatoms. The molecular formula is C12H21NS. The Bertz CT molecular complexity index is 224. The molecule has 0 aromatic rings. The molecular weight excluding hydrogens is 190 g/mol. The number of nitrogens with one attached hydrogen (secondary N) is 1. The molecule has 0 aromatic heterocycles. The van der Waals surface area contributed by atoms with Gasteiger partial charge in [0.05, 0.1) is 0 Å². The summed E-state index contributed by atoms with van der Waals surface area (Å²) in [4.78, 5) is 0. The van der Waals surface area contributed by atoms with Gasteiger partial charge in [-0.1, -0.05) is 0 Å². The highest BCUT2D eigenvalue weighted by Crippen LogP contribution is 2.39. The summed E-state index contributed by atoms with van der Waals surface area (Å²) in [6.07, 6.45) is 3.54. The Hall–Kier alpha value is -0.130. The van der Waals surface area contributed by atoms with Gasteiger partial charge in [0.25, 0.3) is 0 Å². The average molecular weight is 211 g/mol. The van der Waals surface area contributed by atoms with Crippen LogP contribution >= 0.6 is 11.8 Å². The average Bonchev–Trinajstić information content (AvgIpc) is 2.15. The van der Waals surface area contributed by atoms with Crippen molar-refractivity contribution in [3.8, 4) is 11.8 Å². The Kier molecular flexibility index (Phi) is 4.84. The largest absolute Gasteiger partial charge is 0.312 e. The molecule has 1 heterocycles. The monoisotopic (exact) mass is 211 g/mol. The molecule has 80 valence electrons. The zero-order chi connectivity index (χ0) is 10.4. The molecule has 0 bridgehead atoms. The van der Waals surface area contributed by atoms with Gasteiger partial charge in [0, 0.05) is 23.0 Å². The first-order chi connectivity index (χ1) is 6.67. The van der Waals surface area contributed by atoms with E-state index in [1.807, 2.05) is 6.92 Å². The lowest BCUT2D eigenvalue weighted by molar-refractivity contribution is 0.431.